The van der Waals surface area contributed by atoms with E-state index < -0.39 is 0 Å². The molecule has 1 aliphatic heterocycles. The number of phenolic OH excluding ortho intramolecular Hbond substituents is 2. The molecule has 26 heavy (non-hydrogen) atoms. The molecule has 0 saturated heterocycles. The number of halogens is 1. The first-order chi connectivity index (χ1) is 12.6. The summed E-state index contributed by atoms with van der Waals surface area (Å²) >= 11 is 7.48. The summed E-state index contributed by atoms with van der Waals surface area (Å²) in [5, 5.41) is 22.2. The van der Waals surface area contributed by atoms with Gasteiger partial charge in [-0.2, -0.15) is 0 Å². The molecule has 4 rings (SSSR count). The molecule has 0 unspecified atom stereocenters. The van der Waals surface area contributed by atoms with Crippen molar-refractivity contribution in [1.82, 2.24) is 4.98 Å². The van der Waals surface area contributed by atoms with E-state index in [1.54, 1.807) is 23.7 Å². The Bertz CT molecular complexity index is 1000. The Morgan fingerprint density at radius 3 is 2.96 bits per heavy atom. The first-order valence-corrected chi connectivity index (χ1v) is 8.91. The summed E-state index contributed by atoms with van der Waals surface area (Å²) in [6.45, 7) is 0.634. The first kappa shape index (κ1) is 16.8. The molecule has 0 bridgehead atoms. The lowest BCUT2D eigenvalue weighted by atomic mass is 10.1. The fraction of sp³-hybridized carbons (Fsp3) is 0.111. The van der Waals surface area contributed by atoms with Crippen LogP contribution in [0.25, 0.3) is 11.3 Å². The maximum atomic E-state index is 9.95. The van der Waals surface area contributed by atoms with Crippen LogP contribution < -0.4 is 4.74 Å². The largest absolute Gasteiger partial charge is 0.508 e. The Kier molecular flexibility index (Phi) is 4.50. The van der Waals surface area contributed by atoms with Crippen molar-refractivity contribution in [3.8, 4) is 28.5 Å². The van der Waals surface area contributed by atoms with Crippen LogP contribution in [0.2, 0.25) is 5.02 Å². The van der Waals surface area contributed by atoms with Gasteiger partial charge in [0.2, 0.25) is 5.13 Å². The molecule has 0 amide bonds. The Balaban J connectivity index is 1.63. The molecule has 1 aliphatic rings. The van der Waals surface area contributed by atoms with Gasteiger partial charge in [-0.05, 0) is 24.3 Å². The van der Waals surface area contributed by atoms with Crippen LogP contribution in [0.1, 0.15) is 11.1 Å². The molecule has 132 valence electrons. The topological polar surface area (TPSA) is 84.2 Å². The van der Waals surface area contributed by atoms with E-state index in [1.165, 1.54) is 23.5 Å². The van der Waals surface area contributed by atoms with Crippen molar-refractivity contribution < 1.29 is 19.7 Å². The Morgan fingerprint density at radius 1 is 1.23 bits per heavy atom. The molecule has 8 heteroatoms. The molecule has 0 spiro atoms. The minimum atomic E-state index is -0.0388. The monoisotopic (exact) mass is 388 g/mol. The lowest BCUT2D eigenvalue weighted by molar-refractivity contribution is -0.0164. The van der Waals surface area contributed by atoms with Crippen LogP contribution in [0.4, 0.5) is 5.13 Å². The average molecular weight is 389 g/mol. The molecule has 6 nitrogen and oxygen atoms in total. The van der Waals surface area contributed by atoms with Crippen molar-refractivity contribution in [3.63, 3.8) is 0 Å². The zero-order valence-corrected chi connectivity index (χ0v) is 14.9. The van der Waals surface area contributed by atoms with Gasteiger partial charge in [0, 0.05) is 39.4 Å². The molecule has 2 heterocycles. The van der Waals surface area contributed by atoms with E-state index in [4.69, 9.17) is 21.1 Å². The number of benzene rings is 2. The Hall–Kier alpha value is -2.61. The molecule has 3 aromatic rings. The fourth-order valence-corrected chi connectivity index (χ4v) is 3.52. The zero-order chi connectivity index (χ0) is 18.1. The average Bonchev–Trinajstić information content (AvgIpc) is 3.08. The van der Waals surface area contributed by atoms with Crippen molar-refractivity contribution in [3.05, 3.63) is 51.9 Å². The number of hydrogen-bond donors (Lipinski definition) is 2. The number of hydrogen-bond acceptors (Lipinski definition) is 7. The number of aromatic nitrogens is 1. The molecule has 0 radical (unpaired) electrons. The highest BCUT2D eigenvalue weighted by Crippen LogP contribution is 2.35. The number of phenols is 2. The highest BCUT2D eigenvalue weighted by Gasteiger charge is 2.15. The van der Waals surface area contributed by atoms with Crippen LogP contribution in [0.15, 0.2) is 40.7 Å². The zero-order valence-electron chi connectivity index (χ0n) is 13.3. The third-order valence-electron chi connectivity index (χ3n) is 3.77. The van der Waals surface area contributed by atoms with Gasteiger partial charge in [-0.25, -0.2) is 9.98 Å². The number of aliphatic imine (C=N–C) groups is 1. The van der Waals surface area contributed by atoms with Gasteiger partial charge in [0.25, 0.3) is 0 Å². The third kappa shape index (κ3) is 3.37. The highest BCUT2D eigenvalue weighted by molar-refractivity contribution is 7.13. The summed E-state index contributed by atoms with van der Waals surface area (Å²) in [4.78, 5) is 8.79. The number of rotatable bonds is 3. The first-order valence-electron chi connectivity index (χ1n) is 7.65. The van der Waals surface area contributed by atoms with Crippen LogP contribution in [-0.2, 0) is 11.3 Å². The van der Waals surface area contributed by atoms with Crippen LogP contribution >= 0.6 is 22.9 Å². The molecule has 0 fully saturated rings. The second kappa shape index (κ2) is 6.95. The molecule has 2 N–H and O–H groups in total. The third-order valence-corrected chi connectivity index (χ3v) is 4.73. The minimum Gasteiger partial charge on any atom is -0.508 e. The standard InChI is InChI=1S/C18H13ClN2O4S/c19-12-3-10(17-11(4-12)7-24-9-25-17)6-20-18-21-15(8-26-18)14-2-1-13(22)5-16(14)23/h1-6,8,22-23H,7,9H2/b20-6+. The normalized spacial score (nSPS) is 13.6. The molecular formula is C18H13ClN2O4S. The predicted octanol–water partition coefficient (Wildman–Crippen LogP) is 4.49. The number of fused-ring (bicyclic) bond motifs is 1. The number of ether oxygens (including phenoxy) is 2. The van der Waals surface area contributed by atoms with Gasteiger partial charge in [0.15, 0.2) is 6.79 Å². The summed E-state index contributed by atoms with van der Waals surface area (Å²) < 4.78 is 10.8. The van der Waals surface area contributed by atoms with Crippen molar-refractivity contribution >= 4 is 34.3 Å². The van der Waals surface area contributed by atoms with Gasteiger partial charge in [0.05, 0.1) is 12.3 Å². The van der Waals surface area contributed by atoms with E-state index in [9.17, 15) is 10.2 Å². The summed E-state index contributed by atoms with van der Waals surface area (Å²) in [5.41, 5.74) is 2.73. The van der Waals surface area contributed by atoms with Crippen molar-refractivity contribution in [2.24, 2.45) is 4.99 Å². The van der Waals surface area contributed by atoms with Crippen LogP contribution in [0, 0.1) is 0 Å². The van der Waals surface area contributed by atoms with Gasteiger partial charge in [-0.3, -0.25) is 0 Å². The molecule has 0 saturated carbocycles. The van der Waals surface area contributed by atoms with Crippen molar-refractivity contribution in [2.45, 2.75) is 6.61 Å². The quantitative estimate of drug-likeness (QED) is 0.646. The van der Waals surface area contributed by atoms with E-state index >= 15 is 0 Å². The van der Waals surface area contributed by atoms with Gasteiger partial charge in [0.1, 0.15) is 17.2 Å². The van der Waals surface area contributed by atoms with Crippen LogP contribution in [-0.4, -0.2) is 28.2 Å². The van der Waals surface area contributed by atoms with Gasteiger partial charge >= 0.3 is 0 Å². The van der Waals surface area contributed by atoms with E-state index in [1.807, 2.05) is 6.07 Å². The lowest BCUT2D eigenvalue weighted by Crippen LogP contribution is -2.13. The van der Waals surface area contributed by atoms with E-state index in [0.29, 0.717) is 33.8 Å². The molecule has 1 aromatic heterocycles. The Morgan fingerprint density at radius 2 is 2.12 bits per heavy atom. The summed E-state index contributed by atoms with van der Waals surface area (Å²) in [7, 11) is 0. The summed E-state index contributed by atoms with van der Waals surface area (Å²) in [6, 6.07) is 7.96. The molecular weight excluding hydrogens is 376 g/mol. The fourth-order valence-electron chi connectivity index (χ4n) is 2.61. The Labute approximate surface area is 158 Å². The summed E-state index contributed by atoms with van der Waals surface area (Å²) in [5.74, 6) is 0.662. The van der Waals surface area contributed by atoms with Crippen molar-refractivity contribution in [2.75, 3.05) is 6.79 Å². The SMILES string of the molecule is Oc1ccc(-c2csc(/N=C/c3cc(Cl)cc4c3OCOC4)n2)c(O)c1. The minimum absolute atomic E-state index is 0.00515. The second-order valence-electron chi connectivity index (χ2n) is 5.57. The van der Waals surface area contributed by atoms with Crippen LogP contribution in [0.5, 0.6) is 17.2 Å². The van der Waals surface area contributed by atoms with Gasteiger partial charge in [-0.1, -0.05) is 11.6 Å². The number of aromatic hydroxyl groups is 2. The predicted molar refractivity (Wildman–Crippen MR) is 99.9 cm³/mol. The van der Waals surface area contributed by atoms with Crippen molar-refractivity contribution in [1.29, 1.82) is 0 Å². The smallest absolute Gasteiger partial charge is 0.209 e. The second-order valence-corrected chi connectivity index (χ2v) is 6.84. The maximum absolute atomic E-state index is 9.95. The van der Waals surface area contributed by atoms with Gasteiger partial charge < -0.3 is 19.7 Å². The van der Waals surface area contributed by atoms with E-state index in [-0.39, 0.29) is 18.3 Å². The maximum Gasteiger partial charge on any atom is 0.209 e. The summed E-state index contributed by atoms with van der Waals surface area (Å²) in [6.07, 6.45) is 1.65. The van der Waals surface area contributed by atoms with Gasteiger partial charge in [-0.15, -0.1) is 11.3 Å². The van der Waals surface area contributed by atoms with E-state index in [2.05, 4.69) is 9.98 Å². The number of thiazole rings is 1. The van der Waals surface area contributed by atoms with E-state index in [0.717, 1.165) is 11.1 Å². The number of nitrogens with zero attached hydrogens (tertiary/aromatic N) is 2. The highest BCUT2D eigenvalue weighted by atomic mass is 35.5. The molecule has 0 atom stereocenters. The van der Waals surface area contributed by atoms with Crippen LogP contribution in [0.3, 0.4) is 0 Å². The molecule has 0 aliphatic carbocycles. The lowest BCUT2D eigenvalue weighted by Gasteiger charge is -2.19. The molecule has 2 aromatic carbocycles.